The number of hydrogen-bond donors (Lipinski definition) is 0. The molecular formula is C21H25N5O. The average Bonchev–Trinajstić information content (AvgIpc) is 2.71. The minimum absolute atomic E-state index is 0.0514. The van der Waals surface area contributed by atoms with Gasteiger partial charge in [0.2, 0.25) is 0 Å². The zero-order chi connectivity index (χ0) is 18.8. The van der Waals surface area contributed by atoms with Crippen LogP contribution < -0.4 is 10.5 Å². The highest BCUT2D eigenvalue weighted by Crippen LogP contribution is 2.29. The summed E-state index contributed by atoms with van der Waals surface area (Å²) in [5, 5.41) is 9.59. The minimum Gasteiger partial charge on any atom is -0.355 e. The van der Waals surface area contributed by atoms with Gasteiger partial charge in [-0.15, -0.1) is 0 Å². The van der Waals surface area contributed by atoms with Gasteiger partial charge < -0.3 is 4.90 Å². The fourth-order valence-corrected chi connectivity index (χ4v) is 4.24. The predicted molar refractivity (Wildman–Crippen MR) is 104 cm³/mol. The molecule has 0 spiro atoms. The van der Waals surface area contributed by atoms with Crippen molar-refractivity contribution in [3.63, 3.8) is 0 Å². The van der Waals surface area contributed by atoms with Crippen molar-refractivity contribution in [2.75, 3.05) is 18.0 Å². The Morgan fingerprint density at radius 1 is 1.26 bits per heavy atom. The highest BCUT2D eigenvalue weighted by atomic mass is 16.1. The van der Waals surface area contributed by atoms with Gasteiger partial charge in [-0.25, -0.2) is 9.97 Å². The third kappa shape index (κ3) is 3.59. The van der Waals surface area contributed by atoms with E-state index in [1.54, 1.807) is 24.0 Å². The van der Waals surface area contributed by atoms with Crippen LogP contribution in [0.25, 0.3) is 0 Å². The second kappa shape index (κ2) is 7.51. The quantitative estimate of drug-likeness (QED) is 0.838. The predicted octanol–water partition coefficient (Wildman–Crippen LogP) is 2.61. The summed E-state index contributed by atoms with van der Waals surface area (Å²) in [6, 6.07) is 4.41. The van der Waals surface area contributed by atoms with Crippen molar-refractivity contribution in [1.29, 1.82) is 5.26 Å². The molecule has 0 bridgehead atoms. The van der Waals surface area contributed by atoms with Crippen LogP contribution in [0.15, 0.2) is 23.4 Å². The number of nitriles is 1. The van der Waals surface area contributed by atoms with Gasteiger partial charge in [0, 0.05) is 37.1 Å². The monoisotopic (exact) mass is 363 g/mol. The zero-order valence-corrected chi connectivity index (χ0v) is 15.8. The van der Waals surface area contributed by atoms with E-state index in [-0.39, 0.29) is 5.56 Å². The lowest BCUT2D eigenvalue weighted by molar-refractivity contribution is 0.349. The zero-order valence-electron chi connectivity index (χ0n) is 15.8. The maximum absolute atomic E-state index is 12.2. The molecule has 0 saturated carbocycles. The largest absolute Gasteiger partial charge is 0.355 e. The maximum atomic E-state index is 12.2. The van der Waals surface area contributed by atoms with Crippen LogP contribution in [0.1, 0.15) is 48.1 Å². The van der Waals surface area contributed by atoms with E-state index in [4.69, 9.17) is 4.98 Å². The van der Waals surface area contributed by atoms with E-state index in [9.17, 15) is 10.1 Å². The standard InChI is InChI=1S/C21H25N5O/c1-15-12-23-14-26(21(15)27)13-16-6-8-25(9-7-16)20-18(11-22)10-17-4-2-3-5-19(17)24-20/h10,12,14,16H,2-9,13H2,1H3. The van der Waals surface area contributed by atoms with Crippen LogP contribution in [0.5, 0.6) is 0 Å². The smallest absolute Gasteiger partial charge is 0.256 e. The van der Waals surface area contributed by atoms with Crippen molar-refractivity contribution >= 4 is 5.82 Å². The fraction of sp³-hybridized carbons (Fsp3) is 0.524. The third-order valence-electron chi connectivity index (χ3n) is 5.84. The van der Waals surface area contributed by atoms with Crippen LogP contribution in [0.2, 0.25) is 0 Å². The Morgan fingerprint density at radius 3 is 2.81 bits per heavy atom. The average molecular weight is 363 g/mol. The molecular weight excluding hydrogens is 338 g/mol. The molecule has 0 aromatic carbocycles. The molecule has 2 aromatic rings. The summed E-state index contributed by atoms with van der Waals surface area (Å²) in [6.07, 6.45) is 9.68. The van der Waals surface area contributed by atoms with Crippen LogP contribution in [-0.4, -0.2) is 27.6 Å². The van der Waals surface area contributed by atoms with Crippen molar-refractivity contribution in [3.8, 4) is 6.07 Å². The van der Waals surface area contributed by atoms with E-state index in [2.05, 4.69) is 22.0 Å². The number of fused-ring (bicyclic) bond motifs is 1. The van der Waals surface area contributed by atoms with Crippen molar-refractivity contribution in [2.24, 2.45) is 5.92 Å². The van der Waals surface area contributed by atoms with Crippen LogP contribution >= 0.6 is 0 Å². The lowest BCUT2D eigenvalue weighted by atomic mass is 9.93. The summed E-state index contributed by atoms with van der Waals surface area (Å²) in [4.78, 5) is 23.5. The Morgan fingerprint density at radius 2 is 2.04 bits per heavy atom. The molecule has 1 aliphatic carbocycles. The summed E-state index contributed by atoms with van der Waals surface area (Å²) in [7, 11) is 0. The molecule has 1 saturated heterocycles. The Labute approximate surface area is 159 Å². The Bertz CT molecular complexity index is 935. The third-order valence-corrected chi connectivity index (χ3v) is 5.84. The van der Waals surface area contributed by atoms with Gasteiger partial charge in [0.1, 0.15) is 11.9 Å². The van der Waals surface area contributed by atoms with E-state index < -0.39 is 0 Å². The Hall–Kier alpha value is -2.68. The molecule has 1 aliphatic heterocycles. The molecule has 140 valence electrons. The summed E-state index contributed by atoms with van der Waals surface area (Å²) >= 11 is 0. The van der Waals surface area contributed by atoms with Crippen LogP contribution in [0, 0.1) is 24.2 Å². The van der Waals surface area contributed by atoms with Crippen LogP contribution in [0.4, 0.5) is 5.82 Å². The molecule has 0 N–H and O–H groups in total. The summed E-state index contributed by atoms with van der Waals surface area (Å²) in [6.45, 7) is 4.27. The number of nitrogens with zero attached hydrogens (tertiary/aromatic N) is 5. The van der Waals surface area contributed by atoms with Crippen LogP contribution in [-0.2, 0) is 19.4 Å². The van der Waals surface area contributed by atoms with Crippen molar-refractivity contribution in [3.05, 3.63) is 51.3 Å². The SMILES string of the molecule is Cc1cncn(CC2CCN(c3nc4c(cc3C#N)CCCC4)CC2)c1=O. The normalized spacial score (nSPS) is 17.4. The van der Waals surface area contributed by atoms with Gasteiger partial charge in [0.25, 0.3) is 5.56 Å². The van der Waals surface area contributed by atoms with Gasteiger partial charge in [-0.05, 0) is 63.0 Å². The van der Waals surface area contributed by atoms with Gasteiger partial charge in [-0.3, -0.25) is 9.36 Å². The molecule has 1 fully saturated rings. The number of piperidine rings is 1. The number of hydrogen-bond acceptors (Lipinski definition) is 5. The van der Waals surface area contributed by atoms with Crippen molar-refractivity contribution in [2.45, 2.75) is 52.0 Å². The first kappa shape index (κ1) is 17.7. The molecule has 3 heterocycles. The van der Waals surface area contributed by atoms with E-state index in [0.717, 1.165) is 44.6 Å². The molecule has 0 unspecified atom stereocenters. The second-order valence-corrected chi connectivity index (χ2v) is 7.75. The number of aromatic nitrogens is 3. The highest BCUT2D eigenvalue weighted by molar-refractivity contribution is 5.56. The minimum atomic E-state index is 0.0514. The van der Waals surface area contributed by atoms with Gasteiger partial charge in [0.05, 0.1) is 11.9 Å². The first-order chi connectivity index (χ1) is 13.2. The molecule has 6 nitrogen and oxygen atoms in total. The Balaban J connectivity index is 1.47. The first-order valence-corrected chi connectivity index (χ1v) is 9.84. The first-order valence-electron chi connectivity index (χ1n) is 9.84. The van der Waals surface area contributed by atoms with Gasteiger partial charge in [-0.1, -0.05) is 0 Å². The van der Waals surface area contributed by atoms with E-state index in [1.807, 2.05) is 0 Å². The van der Waals surface area contributed by atoms with Crippen molar-refractivity contribution < 1.29 is 0 Å². The second-order valence-electron chi connectivity index (χ2n) is 7.75. The molecule has 27 heavy (non-hydrogen) atoms. The van der Waals surface area contributed by atoms with E-state index in [1.165, 1.54) is 24.1 Å². The topological polar surface area (TPSA) is 74.8 Å². The Kier molecular flexibility index (Phi) is 4.93. The molecule has 4 rings (SSSR count). The van der Waals surface area contributed by atoms with E-state index >= 15 is 0 Å². The molecule has 0 amide bonds. The summed E-state index contributed by atoms with van der Waals surface area (Å²) in [5.74, 6) is 1.30. The molecule has 6 heteroatoms. The highest BCUT2D eigenvalue weighted by Gasteiger charge is 2.24. The lowest BCUT2D eigenvalue weighted by Gasteiger charge is -2.34. The van der Waals surface area contributed by atoms with Gasteiger partial charge in [0.15, 0.2) is 0 Å². The van der Waals surface area contributed by atoms with Gasteiger partial charge in [-0.2, -0.15) is 5.26 Å². The number of aryl methyl sites for hydroxylation is 3. The fourth-order valence-electron chi connectivity index (χ4n) is 4.24. The lowest BCUT2D eigenvalue weighted by Crippen LogP contribution is -2.37. The van der Waals surface area contributed by atoms with Crippen molar-refractivity contribution in [1.82, 2.24) is 14.5 Å². The maximum Gasteiger partial charge on any atom is 0.256 e. The molecule has 0 atom stereocenters. The number of rotatable bonds is 3. The number of pyridine rings is 1. The molecule has 2 aliphatic rings. The molecule has 0 radical (unpaired) electrons. The van der Waals surface area contributed by atoms with Crippen LogP contribution in [0.3, 0.4) is 0 Å². The summed E-state index contributed by atoms with van der Waals surface area (Å²) in [5.41, 5.74) is 3.87. The summed E-state index contributed by atoms with van der Waals surface area (Å²) < 4.78 is 1.73. The van der Waals surface area contributed by atoms with E-state index in [0.29, 0.717) is 23.6 Å². The number of anilines is 1. The van der Waals surface area contributed by atoms with Gasteiger partial charge >= 0.3 is 0 Å². The molecule has 2 aromatic heterocycles.